The number of ether oxygens (including phenoxy) is 2. The molecule has 1 aromatic carbocycles. The van der Waals surface area contributed by atoms with Crippen molar-refractivity contribution in [2.24, 2.45) is 5.73 Å². The highest BCUT2D eigenvalue weighted by Gasteiger charge is 2.21. The minimum Gasteiger partial charge on any atom is -0.493 e. The molecule has 0 aromatic heterocycles. The fourth-order valence-electron chi connectivity index (χ4n) is 2.55. The highest BCUT2D eigenvalue weighted by atomic mass is 16.5. The Kier molecular flexibility index (Phi) is 4.44. The molecule has 0 saturated heterocycles. The van der Waals surface area contributed by atoms with Crippen molar-refractivity contribution in [2.75, 3.05) is 27.3 Å². The average Bonchev–Trinajstić information content (AvgIpc) is 2.43. The van der Waals surface area contributed by atoms with Crippen molar-refractivity contribution in [1.82, 2.24) is 5.32 Å². The number of nitrogens with two attached hydrogens (primary N) is 1. The van der Waals surface area contributed by atoms with Crippen molar-refractivity contribution in [3.05, 3.63) is 23.3 Å². The van der Waals surface area contributed by atoms with Gasteiger partial charge in [0.05, 0.1) is 14.2 Å². The van der Waals surface area contributed by atoms with Gasteiger partial charge in [-0.25, -0.2) is 0 Å². The van der Waals surface area contributed by atoms with Gasteiger partial charge in [-0.2, -0.15) is 0 Å². The Morgan fingerprint density at radius 3 is 2.67 bits per heavy atom. The zero-order valence-corrected chi connectivity index (χ0v) is 11.2. The van der Waals surface area contributed by atoms with E-state index >= 15 is 0 Å². The molecule has 4 nitrogen and oxygen atoms in total. The van der Waals surface area contributed by atoms with Gasteiger partial charge in [0.15, 0.2) is 11.5 Å². The summed E-state index contributed by atoms with van der Waals surface area (Å²) >= 11 is 0. The maximum Gasteiger partial charge on any atom is 0.161 e. The molecule has 1 heterocycles. The molecule has 1 aliphatic rings. The monoisotopic (exact) mass is 250 g/mol. The molecule has 3 N–H and O–H groups in total. The Morgan fingerprint density at radius 1 is 1.28 bits per heavy atom. The summed E-state index contributed by atoms with van der Waals surface area (Å²) in [6, 6.07) is 4.59. The fourth-order valence-corrected chi connectivity index (χ4v) is 2.55. The Hall–Kier alpha value is -1.26. The van der Waals surface area contributed by atoms with Gasteiger partial charge < -0.3 is 20.5 Å². The molecule has 4 heteroatoms. The third-order valence-electron chi connectivity index (χ3n) is 3.50. The predicted octanol–water partition coefficient (Wildman–Crippen LogP) is 1.63. The highest BCUT2D eigenvalue weighted by Crippen LogP contribution is 2.36. The van der Waals surface area contributed by atoms with Crippen LogP contribution in [-0.4, -0.2) is 27.3 Å². The second-order valence-corrected chi connectivity index (χ2v) is 4.59. The standard InChI is InChI=1S/C14H22N2O2/c1-17-13-8-10-5-7-16-12(4-3-6-15)11(10)9-14(13)18-2/h8-9,12,16H,3-7,15H2,1-2H3. The van der Waals surface area contributed by atoms with Crippen LogP contribution < -0.4 is 20.5 Å². The third kappa shape index (κ3) is 2.60. The van der Waals surface area contributed by atoms with E-state index in [0.717, 1.165) is 43.9 Å². The maximum absolute atomic E-state index is 5.59. The smallest absolute Gasteiger partial charge is 0.161 e. The van der Waals surface area contributed by atoms with E-state index in [4.69, 9.17) is 15.2 Å². The average molecular weight is 250 g/mol. The summed E-state index contributed by atoms with van der Waals surface area (Å²) < 4.78 is 10.7. The van der Waals surface area contributed by atoms with Crippen LogP contribution in [0.15, 0.2) is 12.1 Å². The summed E-state index contributed by atoms with van der Waals surface area (Å²) in [6.07, 6.45) is 3.14. The molecule has 0 fully saturated rings. The van der Waals surface area contributed by atoms with E-state index in [1.807, 2.05) is 0 Å². The molecule has 1 aromatic rings. The second-order valence-electron chi connectivity index (χ2n) is 4.59. The van der Waals surface area contributed by atoms with Crippen molar-refractivity contribution >= 4 is 0 Å². The van der Waals surface area contributed by atoms with Crippen LogP contribution in [0.3, 0.4) is 0 Å². The van der Waals surface area contributed by atoms with Crippen LogP contribution in [0.1, 0.15) is 30.0 Å². The van der Waals surface area contributed by atoms with Crippen molar-refractivity contribution in [3.8, 4) is 11.5 Å². The summed E-state index contributed by atoms with van der Waals surface area (Å²) in [5.41, 5.74) is 8.28. The Balaban J connectivity index is 2.31. The number of benzene rings is 1. The molecule has 100 valence electrons. The molecule has 0 amide bonds. The minimum absolute atomic E-state index is 0.386. The van der Waals surface area contributed by atoms with Gasteiger partial charge in [-0.1, -0.05) is 0 Å². The second kappa shape index (κ2) is 6.07. The van der Waals surface area contributed by atoms with Gasteiger partial charge in [0.2, 0.25) is 0 Å². The van der Waals surface area contributed by atoms with Crippen LogP contribution >= 0.6 is 0 Å². The summed E-state index contributed by atoms with van der Waals surface area (Å²) in [5, 5.41) is 3.55. The minimum atomic E-state index is 0.386. The third-order valence-corrected chi connectivity index (χ3v) is 3.50. The van der Waals surface area contributed by atoms with Gasteiger partial charge in [0, 0.05) is 6.04 Å². The molecule has 1 aliphatic heterocycles. The van der Waals surface area contributed by atoms with Crippen molar-refractivity contribution < 1.29 is 9.47 Å². The molecule has 0 saturated carbocycles. The van der Waals surface area contributed by atoms with Crippen LogP contribution in [0.2, 0.25) is 0 Å². The highest BCUT2D eigenvalue weighted by molar-refractivity contribution is 5.49. The summed E-state index contributed by atoms with van der Waals surface area (Å²) in [7, 11) is 3.35. The van der Waals surface area contributed by atoms with Crippen LogP contribution in [0, 0.1) is 0 Å². The molecule has 0 aliphatic carbocycles. The first-order valence-corrected chi connectivity index (χ1v) is 6.48. The lowest BCUT2D eigenvalue weighted by Crippen LogP contribution is -2.30. The zero-order chi connectivity index (χ0) is 13.0. The SMILES string of the molecule is COc1cc2c(cc1OC)C(CCCN)NCC2. The number of hydrogen-bond acceptors (Lipinski definition) is 4. The predicted molar refractivity (Wildman–Crippen MR) is 72.3 cm³/mol. The molecule has 0 spiro atoms. The first-order chi connectivity index (χ1) is 8.80. The van der Waals surface area contributed by atoms with E-state index in [2.05, 4.69) is 17.4 Å². The van der Waals surface area contributed by atoms with Crippen LogP contribution in [0.5, 0.6) is 11.5 Å². The number of fused-ring (bicyclic) bond motifs is 1. The Labute approximate surface area is 108 Å². The molecule has 0 radical (unpaired) electrons. The van der Waals surface area contributed by atoms with E-state index in [-0.39, 0.29) is 0 Å². The number of methoxy groups -OCH3 is 2. The number of nitrogens with one attached hydrogen (secondary N) is 1. The van der Waals surface area contributed by atoms with Gasteiger partial charge in [0.25, 0.3) is 0 Å². The molecule has 18 heavy (non-hydrogen) atoms. The molecular weight excluding hydrogens is 228 g/mol. The van der Waals surface area contributed by atoms with Crippen LogP contribution in [0.25, 0.3) is 0 Å². The topological polar surface area (TPSA) is 56.5 Å². The van der Waals surface area contributed by atoms with Crippen molar-refractivity contribution in [1.29, 1.82) is 0 Å². The number of rotatable bonds is 5. The van der Waals surface area contributed by atoms with Gasteiger partial charge in [-0.05, 0) is 55.6 Å². The van der Waals surface area contributed by atoms with E-state index < -0.39 is 0 Å². The molecule has 2 rings (SSSR count). The fraction of sp³-hybridized carbons (Fsp3) is 0.571. The Morgan fingerprint density at radius 2 is 2.00 bits per heavy atom. The molecular formula is C14H22N2O2. The summed E-state index contributed by atoms with van der Waals surface area (Å²) in [5.74, 6) is 1.62. The lowest BCUT2D eigenvalue weighted by molar-refractivity contribution is 0.351. The normalized spacial score (nSPS) is 18.3. The van der Waals surface area contributed by atoms with E-state index in [1.54, 1.807) is 14.2 Å². The first-order valence-electron chi connectivity index (χ1n) is 6.48. The van der Waals surface area contributed by atoms with Gasteiger partial charge in [0.1, 0.15) is 0 Å². The van der Waals surface area contributed by atoms with E-state index in [9.17, 15) is 0 Å². The van der Waals surface area contributed by atoms with Crippen molar-refractivity contribution in [3.63, 3.8) is 0 Å². The van der Waals surface area contributed by atoms with Crippen molar-refractivity contribution in [2.45, 2.75) is 25.3 Å². The summed E-state index contributed by atoms with van der Waals surface area (Å²) in [6.45, 7) is 1.75. The lowest BCUT2D eigenvalue weighted by Gasteiger charge is -2.28. The molecule has 0 bridgehead atoms. The molecule has 1 atom stereocenters. The largest absolute Gasteiger partial charge is 0.493 e. The lowest BCUT2D eigenvalue weighted by atomic mass is 9.91. The maximum atomic E-state index is 5.59. The van der Waals surface area contributed by atoms with E-state index in [1.165, 1.54) is 11.1 Å². The summed E-state index contributed by atoms with van der Waals surface area (Å²) in [4.78, 5) is 0. The zero-order valence-electron chi connectivity index (χ0n) is 11.2. The van der Waals surface area contributed by atoms with Gasteiger partial charge >= 0.3 is 0 Å². The van der Waals surface area contributed by atoms with Gasteiger partial charge in [-0.15, -0.1) is 0 Å². The van der Waals surface area contributed by atoms with E-state index in [0.29, 0.717) is 6.04 Å². The molecule has 1 unspecified atom stereocenters. The van der Waals surface area contributed by atoms with Crippen LogP contribution in [-0.2, 0) is 6.42 Å². The quantitative estimate of drug-likeness (QED) is 0.834. The first kappa shape index (κ1) is 13.2. The van der Waals surface area contributed by atoms with Crippen LogP contribution in [0.4, 0.5) is 0 Å². The Bertz CT molecular complexity index is 407. The van der Waals surface area contributed by atoms with Gasteiger partial charge in [-0.3, -0.25) is 0 Å². The number of hydrogen-bond donors (Lipinski definition) is 2.